The van der Waals surface area contributed by atoms with E-state index in [0.717, 1.165) is 17.9 Å². The van der Waals surface area contributed by atoms with Gasteiger partial charge in [0, 0.05) is 6.42 Å². The van der Waals surface area contributed by atoms with Gasteiger partial charge in [-0.05, 0) is 30.0 Å². The number of carboxylic acid groups (broad SMARTS) is 1. The highest BCUT2D eigenvalue weighted by molar-refractivity contribution is 5.69. The molecule has 1 aromatic rings. The van der Waals surface area contributed by atoms with Crippen LogP contribution in [-0.2, 0) is 11.2 Å². The lowest BCUT2D eigenvalue weighted by molar-refractivity contribution is -0.141. The van der Waals surface area contributed by atoms with E-state index in [9.17, 15) is 4.79 Å². The van der Waals surface area contributed by atoms with E-state index in [0.29, 0.717) is 6.42 Å². The molecule has 0 spiro atoms. The largest absolute Gasteiger partial charge is 0.481 e. The molecule has 100 valence electrons. The van der Waals surface area contributed by atoms with E-state index in [1.54, 1.807) is 6.92 Å². The fraction of sp³-hybridized carbons (Fsp3) is 0.533. The predicted octanol–water partition coefficient (Wildman–Crippen LogP) is 3.99. The molecule has 3 heteroatoms. The lowest BCUT2D eigenvalue weighted by atomic mass is 9.83. The van der Waals surface area contributed by atoms with Crippen LogP contribution in [-0.4, -0.2) is 11.1 Å². The van der Waals surface area contributed by atoms with Crippen molar-refractivity contribution in [3.63, 3.8) is 0 Å². The minimum absolute atomic E-state index is 0.156. The second-order valence-electron chi connectivity index (χ2n) is 5.42. The molecule has 0 amide bonds. The molecule has 0 aromatic carbocycles. The molecule has 1 unspecified atom stereocenters. The molecule has 3 nitrogen and oxygen atoms in total. The summed E-state index contributed by atoms with van der Waals surface area (Å²) in [4.78, 5) is 10.9. The van der Waals surface area contributed by atoms with Crippen molar-refractivity contribution in [2.45, 2.75) is 40.5 Å². The highest BCUT2D eigenvalue weighted by Crippen LogP contribution is 2.28. The van der Waals surface area contributed by atoms with E-state index >= 15 is 0 Å². The van der Waals surface area contributed by atoms with Crippen LogP contribution in [0.3, 0.4) is 0 Å². The highest BCUT2D eigenvalue weighted by Gasteiger charge is 2.22. The van der Waals surface area contributed by atoms with Crippen molar-refractivity contribution >= 4 is 12.0 Å². The number of hydrogen-bond donors (Lipinski definition) is 1. The van der Waals surface area contributed by atoms with Crippen LogP contribution >= 0.6 is 0 Å². The predicted molar refractivity (Wildman–Crippen MR) is 72.3 cm³/mol. The summed E-state index contributed by atoms with van der Waals surface area (Å²) in [5, 5.41) is 8.92. The number of allylic oxidation sites excluding steroid dienone is 1. The standard InChI is InChI=1S/C15H22O3/c1-5-12-6-7-13(18-12)8-9-15(3,4)10-11(2)14(16)17/h6-9,11H,5,10H2,1-4H3,(H,16,17)/b9-8+. The number of furan rings is 1. The van der Waals surface area contributed by atoms with Gasteiger partial charge >= 0.3 is 5.97 Å². The first-order valence-electron chi connectivity index (χ1n) is 6.35. The van der Waals surface area contributed by atoms with Crippen LogP contribution in [0.2, 0.25) is 0 Å². The topological polar surface area (TPSA) is 50.4 Å². The molecule has 18 heavy (non-hydrogen) atoms. The monoisotopic (exact) mass is 250 g/mol. The van der Waals surface area contributed by atoms with Crippen LogP contribution < -0.4 is 0 Å². The Bertz CT molecular complexity index is 427. The highest BCUT2D eigenvalue weighted by atomic mass is 16.4. The Labute approximate surface area is 109 Å². The maximum Gasteiger partial charge on any atom is 0.306 e. The summed E-state index contributed by atoms with van der Waals surface area (Å²) in [6, 6.07) is 3.90. The zero-order valence-corrected chi connectivity index (χ0v) is 11.6. The van der Waals surface area contributed by atoms with Gasteiger partial charge in [-0.25, -0.2) is 0 Å². The quantitative estimate of drug-likeness (QED) is 0.830. The van der Waals surface area contributed by atoms with E-state index in [4.69, 9.17) is 9.52 Å². The van der Waals surface area contributed by atoms with Crippen molar-refractivity contribution in [3.05, 3.63) is 29.7 Å². The van der Waals surface area contributed by atoms with E-state index in [-0.39, 0.29) is 11.3 Å². The Morgan fingerprint density at radius 2 is 2.17 bits per heavy atom. The van der Waals surface area contributed by atoms with Crippen molar-refractivity contribution in [2.24, 2.45) is 11.3 Å². The molecule has 0 fully saturated rings. The summed E-state index contributed by atoms with van der Waals surface area (Å²) in [6.45, 7) is 7.85. The maximum absolute atomic E-state index is 10.9. The van der Waals surface area contributed by atoms with Gasteiger partial charge in [0.1, 0.15) is 11.5 Å². The van der Waals surface area contributed by atoms with E-state index in [1.165, 1.54) is 0 Å². The number of carbonyl (C=O) groups is 1. The number of rotatable bonds is 6. The molecule has 0 saturated carbocycles. The molecule has 1 atom stereocenters. The first-order chi connectivity index (χ1) is 8.34. The molecule has 0 radical (unpaired) electrons. The molecule has 1 N–H and O–H groups in total. The third-order valence-electron chi connectivity index (χ3n) is 2.98. The van der Waals surface area contributed by atoms with Gasteiger partial charge < -0.3 is 9.52 Å². The number of aryl methyl sites for hydroxylation is 1. The number of hydrogen-bond acceptors (Lipinski definition) is 2. The Morgan fingerprint density at radius 1 is 1.50 bits per heavy atom. The van der Waals surface area contributed by atoms with Crippen LogP contribution in [0.4, 0.5) is 0 Å². The molecule has 0 bridgehead atoms. The molecule has 1 aromatic heterocycles. The average Bonchev–Trinajstić information content (AvgIpc) is 2.73. The lowest BCUT2D eigenvalue weighted by Crippen LogP contribution is -2.18. The van der Waals surface area contributed by atoms with Crippen LogP contribution in [0.5, 0.6) is 0 Å². The van der Waals surface area contributed by atoms with Gasteiger partial charge in [0.05, 0.1) is 5.92 Å². The van der Waals surface area contributed by atoms with E-state index in [1.807, 2.05) is 45.1 Å². The molecule has 1 heterocycles. The fourth-order valence-electron chi connectivity index (χ4n) is 1.93. The normalized spacial score (nSPS) is 14.0. The van der Waals surface area contributed by atoms with Gasteiger partial charge in [0.15, 0.2) is 0 Å². The molecular formula is C15H22O3. The zero-order valence-electron chi connectivity index (χ0n) is 11.6. The second-order valence-corrected chi connectivity index (χ2v) is 5.42. The molecule has 0 aliphatic heterocycles. The lowest BCUT2D eigenvalue weighted by Gasteiger charge is -2.22. The van der Waals surface area contributed by atoms with Crippen LogP contribution in [0.15, 0.2) is 22.6 Å². The average molecular weight is 250 g/mol. The zero-order chi connectivity index (χ0) is 13.8. The van der Waals surface area contributed by atoms with E-state index < -0.39 is 5.97 Å². The van der Waals surface area contributed by atoms with Crippen molar-refractivity contribution in [1.82, 2.24) is 0 Å². The first-order valence-corrected chi connectivity index (χ1v) is 6.35. The molecule has 1 rings (SSSR count). The Kier molecular flexibility index (Phi) is 4.76. The third-order valence-corrected chi connectivity index (χ3v) is 2.98. The molecular weight excluding hydrogens is 228 g/mol. The summed E-state index contributed by atoms with van der Waals surface area (Å²) >= 11 is 0. The minimum atomic E-state index is -0.747. The number of aliphatic carboxylic acids is 1. The van der Waals surface area contributed by atoms with Crippen molar-refractivity contribution in [3.8, 4) is 0 Å². The Morgan fingerprint density at radius 3 is 2.67 bits per heavy atom. The van der Waals surface area contributed by atoms with Gasteiger partial charge in [-0.1, -0.05) is 33.8 Å². The molecule has 0 saturated heterocycles. The maximum atomic E-state index is 10.9. The third kappa shape index (κ3) is 4.40. The Hall–Kier alpha value is -1.51. The van der Waals surface area contributed by atoms with Gasteiger partial charge in [-0.15, -0.1) is 0 Å². The van der Waals surface area contributed by atoms with E-state index in [2.05, 4.69) is 0 Å². The van der Waals surface area contributed by atoms with Crippen molar-refractivity contribution in [2.75, 3.05) is 0 Å². The molecule has 0 aliphatic rings. The Balaban J connectivity index is 2.66. The molecule has 0 aliphatic carbocycles. The smallest absolute Gasteiger partial charge is 0.306 e. The van der Waals surface area contributed by atoms with Crippen LogP contribution in [0, 0.1) is 11.3 Å². The second kappa shape index (κ2) is 5.89. The first kappa shape index (κ1) is 14.6. The summed E-state index contributed by atoms with van der Waals surface area (Å²) < 4.78 is 5.58. The number of carboxylic acids is 1. The van der Waals surface area contributed by atoms with Gasteiger partial charge in [0.25, 0.3) is 0 Å². The summed E-state index contributed by atoms with van der Waals surface area (Å²) in [5.74, 6) is 0.699. The van der Waals surface area contributed by atoms with Gasteiger partial charge in [-0.3, -0.25) is 4.79 Å². The van der Waals surface area contributed by atoms with Crippen molar-refractivity contribution < 1.29 is 14.3 Å². The van der Waals surface area contributed by atoms with Gasteiger partial charge in [0.2, 0.25) is 0 Å². The SMILES string of the molecule is CCc1ccc(/C=C/C(C)(C)CC(C)C(=O)O)o1. The van der Waals surface area contributed by atoms with Gasteiger partial charge in [-0.2, -0.15) is 0 Å². The van der Waals surface area contributed by atoms with Crippen LogP contribution in [0.25, 0.3) is 6.08 Å². The van der Waals surface area contributed by atoms with Crippen LogP contribution in [0.1, 0.15) is 45.6 Å². The fourth-order valence-corrected chi connectivity index (χ4v) is 1.93. The summed E-state index contributed by atoms with van der Waals surface area (Å²) in [6.07, 6.45) is 5.44. The summed E-state index contributed by atoms with van der Waals surface area (Å²) in [7, 11) is 0. The van der Waals surface area contributed by atoms with Crippen molar-refractivity contribution in [1.29, 1.82) is 0 Å². The minimum Gasteiger partial charge on any atom is -0.481 e. The summed E-state index contributed by atoms with van der Waals surface area (Å²) in [5.41, 5.74) is -0.156.